The molecule has 2 unspecified atom stereocenters. The van der Waals surface area contributed by atoms with E-state index in [9.17, 15) is 0 Å². The maximum atomic E-state index is 6.31. The number of aryl methyl sites for hydroxylation is 4. The van der Waals surface area contributed by atoms with Crippen molar-refractivity contribution in [3.63, 3.8) is 0 Å². The van der Waals surface area contributed by atoms with Crippen LogP contribution in [0.3, 0.4) is 0 Å². The van der Waals surface area contributed by atoms with Crippen LogP contribution in [0, 0.1) is 0 Å². The molecule has 2 fully saturated rings. The SMILES string of the molecule is CCc1cc(Cc2cc(CC)c(OCCCC3CO3)c(CC)c2)cc(CC)c1OCCCC1CO1. The summed E-state index contributed by atoms with van der Waals surface area (Å²) >= 11 is 0. The highest BCUT2D eigenvalue weighted by Crippen LogP contribution is 2.32. The van der Waals surface area contributed by atoms with E-state index in [2.05, 4.69) is 52.0 Å². The zero-order chi connectivity index (χ0) is 24.6. The van der Waals surface area contributed by atoms with Gasteiger partial charge in [0.05, 0.1) is 38.6 Å². The van der Waals surface area contributed by atoms with Crippen LogP contribution in [0.5, 0.6) is 11.5 Å². The average Bonchev–Trinajstić information content (AvgIpc) is 3.80. The fourth-order valence-corrected chi connectivity index (χ4v) is 4.95. The van der Waals surface area contributed by atoms with Crippen molar-refractivity contribution >= 4 is 0 Å². The Balaban J connectivity index is 1.46. The molecule has 0 amide bonds. The van der Waals surface area contributed by atoms with Gasteiger partial charge in [-0.3, -0.25) is 0 Å². The molecule has 2 atom stereocenters. The van der Waals surface area contributed by atoms with E-state index in [0.717, 1.165) is 95.7 Å². The Bertz CT molecular complexity index is 831. The molecule has 0 N–H and O–H groups in total. The molecular formula is C31H44O4. The summed E-state index contributed by atoms with van der Waals surface area (Å²) in [5, 5.41) is 0. The molecule has 0 radical (unpaired) electrons. The lowest BCUT2D eigenvalue weighted by Gasteiger charge is -2.19. The van der Waals surface area contributed by atoms with Crippen molar-refractivity contribution in [2.45, 2.75) is 97.7 Å². The van der Waals surface area contributed by atoms with Crippen LogP contribution in [0.15, 0.2) is 24.3 Å². The van der Waals surface area contributed by atoms with Gasteiger partial charge in [-0.15, -0.1) is 0 Å². The van der Waals surface area contributed by atoms with Crippen LogP contribution in [0.4, 0.5) is 0 Å². The summed E-state index contributed by atoms with van der Waals surface area (Å²) in [6.45, 7) is 12.3. The van der Waals surface area contributed by atoms with E-state index >= 15 is 0 Å². The van der Waals surface area contributed by atoms with Gasteiger partial charge in [0, 0.05) is 0 Å². The van der Waals surface area contributed by atoms with Crippen molar-refractivity contribution in [3.05, 3.63) is 57.6 Å². The third-order valence-electron chi connectivity index (χ3n) is 7.18. The topological polar surface area (TPSA) is 43.5 Å². The van der Waals surface area contributed by atoms with E-state index in [1.165, 1.54) is 33.4 Å². The van der Waals surface area contributed by atoms with Gasteiger partial charge >= 0.3 is 0 Å². The Labute approximate surface area is 212 Å². The van der Waals surface area contributed by atoms with Crippen LogP contribution < -0.4 is 9.47 Å². The summed E-state index contributed by atoms with van der Waals surface area (Å²) in [4.78, 5) is 0. The van der Waals surface area contributed by atoms with Gasteiger partial charge in [0.15, 0.2) is 0 Å². The molecule has 2 aromatic rings. The van der Waals surface area contributed by atoms with Crippen molar-refractivity contribution in [1.82, 2.24) is 0 Å². The zero-order valence-electron chi connectivity index (χ0n) is 22.3. The second kappa shape index (κ2) is 12.8. The number of hydrogen-bond donors (Lipinski definition) is 0. The third-order valence-corrected chi connectivity index (χ3v) is 7.18. The highest BCUT2D eigenvalue weighted by molar-refractivity contribution is 5.49. The van der Waals surface area contributed by atoms with E-state index < -0.39 is 0 Å². The van der Waals surface area contributed by atoms with Gasteiger partial charge in [-0.25, -0.2) is 0 Å². The average molecular weight is 481 g/mol. The molecule has 0 aliphatic carbocycles. The Hall–Kier alpha value is -2.04. The van der Waals surface area contributed by atoms with Gasteiger partial charge in [-0.2, -0.15) is 0 Å². The van der Waals surface area contributed by atoms with Crippen LogP contribution in [0.2, 0.25) is 0 Å². The largest absolute Gasteiger partial charge is 0.493 e. The Morgan fingerprint density at radius 3 is 1.26 bits per heavy atom. The smallest absolute Gasteiger partial charge is 0.125 e. The molecule has 4 heteroatoms. The Kier molecular flexibility index (Phi) is 9.51. The van der Waals surface area contributed by atoms with Crippen molar-refractivity contribution < 1.29 is 18.9 Å². The van der Waals surface area contributed by atoms with Gasteiger partial charge in [0.1, 0.15) is 11.5 Å². The predicted octanol–water partition coefficient (Wildman–Crippen LogP) is 6.64. The molecule has 0 spiro atoms. The highest BCUT2D eigenvalue weighted by atomic mass is 16.6. The normalized spacial score (nSPS) is 18.5. The number of ether oxygens (including phenoxy) is 4. The minimum absolute atomic E-state index is 0.479. The van der Waals surface area contributed by atoms with Gasteiger partial charge in [0.25, 0.3) is 0 Å². The van der Waals surface area contributed by atoms with Crippen LogP contribution in [-0.4, -0.2) is 38.6 Å². The molecule has 4 nitrogen and oxygen atoms in total. The third kappa shape index (κ3) is 7.47. The molecule has 4 rings (SSSR count). The summed E-state index contributed by atoms with van der Waals surface area (Å²) in [6.07, 6.45) is 10.2. The Morgan fingerprint density at radius 2 is 0.971 bits per heavy atom. The summed E-state index contributed by atoms with van der Waals surface area (Å²) < 4.78 is 23.3. The lowest BCUT2D eigenvalue weighted by atomic mass is 9.93. The molecule has 0 bridgehead atoms. The number of epoxide rings is 2. The lowest BCUT2D eigenvalue weighted by Crippen LogP contribution is -2.07. The van der Waals surface area contributed by atoms with Crippen LogP contribution in [0.25, 0.3) is 0 Å². The van der Waals surface area contributed by atoms with Crippen molar-refractivity contribution in [2.75, 3.05) is 26.4 Å². The first-order valence-corrected chi connectivity index (χ1v) is 13.9. The monoisotopic (exact) mass is 480 g/mol. The van der Waals surface area contributed by atoms with E-state index in [4.69, 9.17) is 18.9 Å². The fraction of sp³-hybridized carbons (Fsp3) is 0.613. The second-order valence-electron chi connectivity index (χ2n) is 9.97. The minimum atomic E-state index is 0.479. The molecule has 35 heavy (non-hydrogen) atoms. The van der Waals surface area contributed by atoms with Crippen molar-refractivity contribution in [2.24, 2.45) is 0 Å². The lowest BCUT2D eigenvalue weighted by molar-refractivity contribution is 0.289. The molecule has 2 aliphatic rings. The maximum absolute atomic E-state index is 6.31. The number of hydrogen-bond acceptors (Lipinski definition) is 4. The van der Waals surface area contributed by atoms with E-state index in [-0.39, 0.29) is 0 Å². The van der Waals surface area contributed by atoms with Crippen LogP contribution >= 0.6 is 0 Å². The molecular weight excluding hydrogens is 436 g/mol. The maximum Gasteiger partial charge on any atom is 0.125 e. The minimum Gasteiger partial charge on any atom is -0.493 e. The first-order valence-electron chi connectivity index (χ1n) is 13.9. The molecule has 0 saturated carbocycles. The molecule has 2 saturated heterocycles. The zero-order valence-corrected chi connectivity index (χ0v) is 22.3. The second-order valence-corrected chi connectivity index (χ2v) is 9.97. The molecule has 0 aromatic heterocycles. The summed E-state index contributed by atoms with van der Waals surface area (Å²) in [7, 11) is 0. The molecule has 2 heterocycles. The van der Waals surface area contributed by atoms with E-state index in [1.807, 2.05) is 0 Å². The van der Waals surface area contributed by atoms with E-state index in [1.54, 1.807) is 0 Å². The van der Waals surface area contributed by atoms with Crippen molar-refractivity contribution in [1.29, 1.82) is 0 Å². The summed E-state index contributed by atoms with van der Waals surface area (Å²) in [6, 6.07) is 9.44. The first-order chi connectivity index (χ1) is 17.1. The van der Waals surface area contributed by atoms with Crippen molar-refractivity contribution in [3.8, 4) is 11.5 Å². The number of benzene rings is 2. The molecule has 2 aromatic carbocycles. The molecule has 2 aliphatic heterocycles. The van der Waals surface area contributed by atoms with Gasteiger partial charge < -0.3 is 18.9 Å². The summed E-state index contributed by atoms with van der Waals surface area (Å²) in [5.41, 5.74) is 8.06. The first kappa shape index (κ1) is 26.0. The standard InChI is InChI=1S/C31H44O4/c1-5-24-16-22(17-25(6-2)30(24)32-13-9-11-28-20-34-28)15-23-18-26(7-3)31(27(8-4)19-23)33-14-10-12-29-21-35-29/h16-19,28-29H,5-15,20-21H2,1-4H3. The Morgan fingerprint density at radius 1 is 0.629 bits per heavy atom. The van der Waals surface area contributed by atoms with Crippen LogP contribution in [0.1, 0.15) is 86.8 Å². The molecule has 192 valence electrons. The predicted molar refractivity (Wildman–Crippen MR) is 142 cm³/mol. The van der Waals surface area contributed by atoms with E-state index in [0.29, 0.717) is 12.2 Å². The quantitative estimate of drug-likeness (QED) is 0.199. The summed E-state index contributed by atoms with van der Waals surface area (Å²) in [5.74, 6) is 2.22. The highest BCUT2D eigenvalue weighted by Gasteiger charge is 2.22. The van der Waals surface area contributed by atoms with Crippen LogP contribution in [-0.2, 0) is 41.6 Å². The van der Waals surface area contributed by atoms with Gasteiger partial charge in [-0.05, 0) is 91.2 Å². The number of rotatable bonds is 16. The fourth-order valence-electron chi connectivity index (χ4n) is 4.95. The van der Waals surface area contributed by atoms with Gasteiger partial charge in [0.2, 0.25) is 0 Å². The van der Waals surface area contributed by atoms with Gasteiger partial charge in [-0.1, -0.05) is 52.0 Å².